The first-order valence-corrected chi connectivity index (χ1v) is 9.73. The van der Waals surface area contributed by atoms with Gasteiger partial charge in [-0.1, -0.05) is 12.1 Å². The summed E-state index contributed by atoms with van der Waals surface area (Å²) in [7, 11) is 1.66. The summed E-state index contributed by atoms with van der Waals surface area (Å²) in [4.78, 5) is 19.1. The standard InChI is InChI=1S/C22H26N2O3/c1-26-19-7-2-16(3-8-19)4-9-22(25)24-17-5-6-18(24)15-21(14-17)27-20-10-12-23-13-11-20/h2-3,7-8,10-13,17-18,21H,4-6,9,14-15H2,1H3. The van der Waals surface area contributed by atoms with Crippen LogP contribution < -0.4 is 9.47 Å². The van der Waals surface area contributed by atoms with Gasteiger partial charge in [-0.15, -0.1) is 0 Å². The van der Waals surface area contributed by atoms with Crippen LogP contribution in [-0.2, 0) is 11.2 Å². The number of piperidine rings is 1. The number of aryl methyl sites for hydroxylation is 1. The van der Waals surface area contributed by atoms with Crippen molar-refractivity contribution in [3.8, 4) is 11.5 Å². The number of carbonyl (C=O) groups is 1. The van der Waals surface area contributed by atoms with Crippen molar-refractivity contribution in [2.45, 2.75) is 56.7 Å². The van der Waals surface area contributed by atoms with E-state index in [9.17, 15) is 4.79 Å². The van der Waals surface area contributed by atoms with E-state index in [1.54, 1.807) is 19.5 Å². The van der Waals surface area contributed by atoms with Crippen molar-refractivity contribution in [3.05, 3.63) is 54.4 Å². The molecule has 2 unspecified atom stereocenters. The predicted octanol–water partition coefficient (Wildman–Crippen LogP) is 3.62. The third kappa shape index (κ3) is 4.07. The second-order valence-electron chi connectivity index (χ2n) is 7.43. The number of pyridine rings is 1. The third-order valence-corrected chi connectivity index (χ3v) is 5.72. The Morgan fingerprint density at radius 2 is 1.70 bits per heavy atom. The number of rotatable bonds is 6. The topological polar surface area (TPSA) is 51.7 Å². The van der Waals surface area contributed by atoms with E-state index in [1.807, 2.05) is 36.4 Å². The molecule has 2 atom stereocenters. The summed E-state index contributed by atoms with van der Waals surface area (Å²) in [5, 5.41) is 0. The fourth-order valence-corrected chi connectivity index (χ4v) is 4.41. The van der Waals surface area contributed by atoms with E-state index in [0.29, 0.717) is 18.5 Å². The Kier molecular flexibility index (Phi) is 5.28. The Hall–Kier alpha value is -2.56. The molecule has 4 rings (SSSR count). The number of hydrogen-bond acceptors (Lipinski definition) is 4. The highest BCUT2D eigenvalue weighted by Crippen LogP contribution is 2.37. The maximum atomic E-state index is 12.9. The summed E-state index contributed by atoms with van der Waals surface area (Å²) in [6.07, 6.45) is 9.06. The van der Waals surface area contributed by atoms with E-state index >= 15 is 0 Å². The summed E-state index contributed by atoms with van der Waals surface area (Å²) in [5.74, 6) is 1.99. The van der Waals surface area contributed by atoms with Gasteiger partial charge in [0.2, 0.25) is 5.91 Å². The lowest BCUT2D eigenvalue weighted by atomic mass is 9.98. The molecule has 1 aromatic heterocycles. The van der Waals surface area contributed by atoms with Crippen LogP contribution in [-0.4, -0.2) is 41.1 Å². The minimum absolute atomic E-state index is 0.190. The van der Waals surface area contributed by atoms with Crippen LogP contribution in [0.5, 0.6) is 11.5 Å². The van der Waals surface area contributed by atoms with Crippen molar-refractivity contribution in [1.29, 1.82) is 0 Å². The van der Waals surface area contributed by atoms with Gasteiger partial charge < -0.3 is 14.4 Å². The molecule has 0 radical (unpaired) electrons. The fourth-order valence-electron chi connectivity index (χ4n) is 4.41. The minimum Gasteiger partial charge on any atom is -0.497 e. The van der Waals surface area contributed by atoms with Gasteiger partial charge in [-0.25, -0.2) is 0 Å². The number of carbonyl (C=O) groups excluding carboxylic acids is 1. The van der Waals surface area contributed by atoms with Crippen molar-refractivity contribution in [2.75, 3.05) is 7.11 Å². The van der Waals surface area contributed by atoms with Gasteiger partial charge in [0.05, 0.1) is 7.11 Å². The highest BCUT2D eigenvalue weighted by molar-refractivity contribution is 5.77. The largest absolute Gasteiger partial charge is 0.497 e. The number of amides is 1. The number of ether oxygens (including phenoxy) is 2. The normalized spacial score (nSPS) is 23.9. The number of methoxy groups -OCH3 is 1. The lowest BCUT2D eigenvalue weighted by Crippen LogP contribution is -2.49. The maximum Gasteiger partial charge on any atom is 0.223 e. The molecule has 0 saturated carbocycles. The second kappa shape index (κ2) is 7.99. The molecule has 2 bridgehead atoms. The number of aromatic nitrogens is 1. The van der Waals surface area contributed by atoms with Crippen molar-refractivity contribution in [1.82, 2.24) is 9.88 Å². The van der Waals surface area contributed by atoms with Crippen molar-refractivity contribution in [2.24, 2.45) is 0 Å². The zero-order chi connectivity index (χ0) is 18.6. The van der Waals surface area contributed by atoms with Crippen LogP contribution in [0.15, 0.2) is 48.8 Å². The molecule has 0 spiro atoms. The molecule has 1 amide bonds. The highest BCUT2D eigenvalue weighted by Gasteiger charge is 2.43. The maximum absolute atomic E-state index is 12.9. The lowest BCUT2D eigenvalue weighted by molar-refractivity contribution is -0.137. The van der Waals surface area contributed by atoms with Gasteiger partial charge in [-0.2, -0.15) is 0 Å². The molecule has 2 aliphatic rings. The van der Waals surface area contributed by atoms with Crippen LogP contribution in [0.3, 0.4) is 0 Å². The van der Waals surface area contributed by atoms with E-state index in [4.69, 9.17) is 9.47 Å². The van der Waals surface area contributed by atoms with Gasteiger partial charge in [0, 0.05) is 43.7 Å². The van der Waals surface area contributed by atoms with E-state index in [0.717, 1.165) is 43.6 Å². The monoisotopic (exact) mass is 366 g/mol. The van der Waals surface area contributed by atoms with Gasteiger partial charge >= 0.3 is 0 Å². The number of benzene rings is 1. The van der Waals surface area contributed by atoms with Crippen molar-refractivity contribution >= 4 is 5.91 Å². The average molecular weight is 366 g/mol. The average Bonchev–Trinajstić information content (AvgIpc) is 2.98. The summed E-state index contributed by atoms with van der Waals surface area (Å²) >= 11 is 0. The molecule has 142 valence electrons. The van der Waals surface area contributed by atoms with Crippen LogP contribution in [0.2, 0.25) is 0 Å². The molecule has 5 heteroatoms. The van der Waals surface area contributed by atoms with Crippen LogP contribution in [0, 0.1) is 0 Å². The summed E-state index contributed by atoms with van der Waals surface area (Å²) in [6, 6.07) is 12.4. The molecule has 2 aliphatic heterocycles. The summed E-state index contributed by atoms with van der Waals surface area (Å²) in [6.45, 7) is 0. The molecule has 0 N–H and O–H groups in total. The Balaban J connectivity index is 1.32. The summed E-state index contributed by atoms with van der Waals surface area (Å²) < 4.78 is 11.3. The zero-order valence-corrected chi connectivity index (χ0v) is 15.7. The van der Waals surface area contributed by atoms with Gasteiger partial charge in [-0.3, -0.25) is 9.78 Å². The smallest absolute Gasteiger partial charge is 0.223 e. The summed E-state index contributed by atoms with van der Waals surface area (Å²) in [5.41, 5.74) is 1.17. The van der Waals surface area contributed by atoms with E-state index in [2.05, 4.69) is 9.88 Å². The van der Waals surface area contributed by atoms with Gasteiger partial charge in [0.1, 0.15) is 17.6 Å². The lowest BCUT2D eigenvalue weighted by Gasteiger charge is -2.39. The third-order valence-electron chi connectivity index (χ3n) is 5.72. The van der Waals surface area contributed by atoms with Gasteiger partial charge in [0.15, 0.2) is 0 Å². The van der Waals surface area contributed by atoms with E-state index < -0.39 is 0 Å². The molecule has 2 fully saturated rings. The SMILES string of the molecule is COc1ccc(CCC(=O)N2C3CCC2CC(Oc2ccncc2)C3)cc1. The first-order chi connectivity index (χ1) is 13.2. The molecular formula is C22H26N2O3. The Labute approximate surface area is 160 Å². The molecule has 27 heavy (non-hydrogen) atoms. The van der Waals surface area contributed by atoms with Crippen LogP contribution in [0.1, 0.15) is 37.7 Å². The molecule has 1 aromatic carbocycles. The second-order valence-corrected chi connectivity index (χ2v) is 7.43. The Morgan fingerprint density at radius 3 is 2.33 bits per heavy atom. The molecular weight excluding hydrogens is 340 g/mol. The molecule has 2 aromatic rings. The fraction of sp³-hybridized carbons (Fsp3) is 0.455. The van der Waals surface area contributed by atoms with Crippen molar-refractivity contribution < 1.29 is 14.3 Å². The molecule has 3 heterocycles. The molecule has 2 saturated heterocycles. The molecule has 5 nitrogen and oxygen atoms in total. The first kappa shape index (κ1) is 17.8. The van der Waals surface area contributed by atoms with E-state index in [-0.39, 0.29) is 12.0 Å². The number of fused-ring (bicyclic) bond motifs is 2. The number of nitrogens with zero attached hydrogens (tertiary/aromatic N) is 2. The van der Waals surface area contributed by atoms with Crippen LogP contribution in [0.4, 0.5) is 0 Å². The van der Waals surface area contributed by atoms with Crippen LogP contribution in [0.25, 0.3) is 0 Å². The Morgan fingerprint density at radius 1 is 1.04 bits per heavy atom. The zero-order valence-electron chi connectivity index (χ0n) is 15.7. The first-order valence-electron chi connectivity index (χ1n) is 9.73. The highest BCUT2D eigenvalue weighted by atomic mass is 16.5. The molecule has 0 aliphatic carbocycles. The van der Waals surface area contributed by atoms with Crippen LogP contribution >= 0.6 is 0 Å². The van der Waals surface area contributed by atoms with Gasteiger partial charge in [-0.05, 0) is 49.1 Å². The predicted molar refractivity (Wildman–Crippen MR) is 103 cm³/mol. The number of hydrogen-bond donors (Lipinski definition) is 0. The van der Waals surface area contributed by atoms with Gasteiger partial charge in [0.25, 0.3) is 0 Å². The van der Waals surface area contributed by atoms with Crippen molar-refractivity contribution in [3.63, 3.8) is 0 Å². The minimum atomic E-state index is 0.190. The quantitative estimate of drug-likeness (QED) is 0.783. The Bertz CT molecular complexity index is 749. The van der Waals surface area contributed by atoms with E-state index in [1.165, 1.54) is 5.56 Å².